The molecule has 1 amide bonds. The maximum Gasteiger partial charge on any atom is 0.238 e. The van der Waals surface area contributed by atoms with Gasteiger partial charge in [-0.2, -0.15) is 0 Å². The molecular weight excluding hydrogens is 316 g/mol. The van der Waals surface area contributed by atoms with Crippen LogP contribution in [0.1, 0.15) is 39.5 Å². The molecule has 0 saturated heterocycles. The van der Waals surface area contributed by atoms with Gasteiger partial charge in [-0.05, 0) is 36.5 Å². The van der Waals surface area contributed by atoms with Gasteiger partial charge in [-0.25, -0.2) is 0 Å². The molecule has 110 valence electrons. The SMILES string of the molecule is CC1(C)CCCCC1NCC(=O)Nc1cccc(Br)c1. The molecular formula is C16H23BrN2O. The molecule has 1 atom stereocenters. The molecule has 1 aliphatic carbocycles. The van der Waals surface area contributed by atoms with Crippen molar-refractivity contribution in [1.29, 1.82) is 0 Å². The van der Waals surface area contributed by atoms with Gasteiger partial charge in [0.25, 0.3) is 0 Å². The Hall–Kier alpha value is -0.870. The minimum absolute atomic E-state index is 0.0180. The number of halogens is 1. The molecule has 20 heavy (non-hydrogen) atoms. The molecule has 1 aliphatic rings. The minimum Gasteiger partial charge on any atom is -0.325 e. The number of amides is 1. The van der Waals surface area contributed by atoms with E-state index in [2.05, 4.69) is 40.4 Å². The Kier molecular flexibility index (Phi) is 5.22. The van der Waals surface area contributed by atoms with E-state index >= 15 is 0 Å². The van der Waals surface area contributed by atoms with E-state index in [1.165, 1.54) is 19.3 Å². The molecule has 0 heterocycles. The zero-order valence-corrected chi connectivity index (χ0v) is 13.8. The molecule has 0 aromatic heterocycles. The summed E-state index contributed by atoms with van der Waals surface area (Å²) in [6, 6.07) is 8.09. The lowest BCUT2D eigenvalue weighted by Gasteiger charge is -2.39. The van der Waals surface area contributed by atoms with Crippen molar-refractivity contribution in [3.05, 3.63) is 28.7 Å². The largest absolute Gasteiger partial charge is 0.325 e. The molecule has 0 aliphatic heterocycles. The average Bonchev–Trinajstić information content (AvgIpc) is 2.37. The highest BCUT2D eigenvalue weighted by Crippen LogP contribution is 2.35. The number of carbonyl (C=O) groups excluding carboxylic acids is 1. The van der Waals surface area contributed by atoms with Gasteiger partial charge < -0.3 is 10.6 Å². The van der Waals surface area contributed by atoms with Crippen LogP contribution in [0.15, 0.2) is 28.7 Å². The topological polar surface area (TPSA) is 41.1 Å². The van der Waals surface area contributed by atoms with E-state index in [1.807, 2.05) is 24.3 Å². The van der Waals surface area contributed by atoms with Crippen LogP contribution in [0.4, 0.5) is 5.69 Å². The molecule has 4 heteroatoms. The molecule has 2 rings (SSSR count). The van der Waals surface area contributed by atoms with Crippen LogP contribution < -0.4 is 10.6 Å². The van der Waals surface area contributed by atoms with Gasteiger partial charge in [-0.15, -0.1) is 0 Å². The first-order valence-corrected chi connectivity index (χ1v) is 8.05. The third kappa shape index (κ3) is 4.32. The summed E-state index contributed by atoms with van der Waals surface area (Å²) < 4.78 is 0.969. The molecule has 1 aromatic carbocycles. The summed E-state index contributed by atoms with van der Waals surface area (Å²) in [5, 5.41) is 6.34. The van der Waals surface area contributed by atoms with E-state index in [9.17, 15) is 4.79 Å². The summed E-state index contributed by atoms with van der Waals surface area (Å²) in [6.45, 7) is 4.95. The van der Waals surface area contributed by atoms with Gasteiger partial charge >= 0.3 is 0 Å². The van der Waals surface area contributed by atoms with E-state index in [4.69, 9.17) is 0 Å². The van der Waals surface area contributed by atoms with Crippen molar-refractivity contribution in [3.8, 4) is 0 Å². The fourth-order valence-corrected chi connectivity index (χ4v) is 3.26. The lowest BCUT2D eigenvalue weighted by atomic mass is 9.73. The first-order valence-electron chi connectivity index (χ1n) is 7.26. The highest BCUT2D eigenvalue weighted by Gasteiger charge is 2.31. The maximum atomic E-state index is 12.0. The number of rotatable bonds is 4. The van der Waals surface area contributed by atoms with Gasteiger partial charge in [0.1, 0.15) is 0 Å². The van der Waals surface area contributed by atoms with E-state index in [-0.39, 0.29) is 11.3 Å². The van der Waals surface area contributed by atoms with Crippen LogP contribution in [-0.4, -0.2) is 18.5 Å². The summed E-state index contributed by atoms with van der Waals surface area (Å²) in [6.07, 6.45) is 4.96. The van der Waals surface area contributed by atoms with Crippen molar-refractivity contribution in [1.82, 2.24) is 5.32 Å². The molecule has 1 unspecified atom stereocenters. The standard InChI is InChI=1S/C16H23BrN2O/c1-16(2)9-4-3-8-14(16)18-11-15(20)19-13-7-5-6-12(17)10-13/h5-7,10,14,18H,3-4,8-9,11H2,1-2H3,(H,19,20). The Morgan fingerprint density at radius 2 is 2.20 bits per heavy atom. The quantitative estimate of drug-likeness (QED) is 0.872. The zero-order chi connectivity index (χ0) is 14.6. The number of hydrogen-bond donors (Lipinski definition) is 2. The third-order valence-electron chi connectivity index (χ3n) is 4.12. The average molecular weight is 339 g/mol. The second-order valence-electron chi connectivity index (χ2n) is 6.23. The van der Waals surface area contributed by atoms with Crippen LogP contribution in [-0.2, 0) is 4.79 Å². The fraction of sp³-hybridized carbons (Fsp3) is 0.562. The van der Waals surface area contributed by atoms with Crippen molar-refractivity contribution in [2.75, 3.05) is 11.9 Å². The lowest BCUT2D eigenvalue weighted by molar-refractivity contribution is -0.115. The Labute approximate surface area is 129 Å². The monoisotopic (exact) mass is 338 g/mol. The van der Waals surface area contributed by atoms with Gasteiger partial charge in [0.2, 0.25) is 5.91 Å². The Balaban J connectivity index is 1.83. The molecule has 0 spiro atoms. The van der Waals surface area contributed by atoms with Crippen molar-refractivity contribution in [2.45, 2.75) is 45.6 Å². The number of anilines is 1. The first-order chi connectivity index (χ1) is 9.47. The molecule has 2 N–H and O–H groups in total. The second kappa shape index (κ2) is 6.72. The molecule has 1 aromatic rings. The lowest BCUT2D eigenvalue weighted by Crippen LogP contribution is -2.46. The summed E-state index contributed by atoms with van der Waals surface area (Å²) in [5.41, 5.74) is 1.11. The van der Waals surface area contributed by atoms with Crippen molar-refractivity contribution in [3.63, 3.8) is 0 Å². The third-order valence-corrected chi connectivity index (χ3v) is 4.62. The number of hydrogen-bond acceptors (Lipinski definition) is 2. The van der Waals surface area contributed by atoms with Gasteiger partial charge in [0, 0.05) is 16.2 Å². The van der Waals surface area contributed by atoms with Gasteiger partial charge in [0.05, 0.1) is 6.54 Å². The van der Waals surface area contributed by atoms with Gasteiger partial charge in [0.15, 0.2) is 0 Å². The summed E-state index contributed by atoms with van der Waals surface area (Å²) in [5.74, 6) is 0.0180. The second-order valence-corrected chi connectivity index (χ2v) is 7.14. The minimum atomic E-state index is 0.0180. The molecule has 3 nitrogen and oxygen atoms in total. The maximum absolute atomic E-state index is 12.0. The molecule has 1 fully saturated rings. The Bertz CT molecular complexity index is 473. The van der Waals surface area contributed by atoms with E-state index in [1.54, 1.807) is 0 Å². The zero-order valence-electron chi connectivity index (χ0n) is 12.2. The molecule has 0 bridgehead atoms. The smallest absolute Gasteiger partial charge is 0.238 e. The molecule has 1 saturated carbocycles. The predicted molar refractivity (Wildman–Crippen MR) is 86.8 cm³/mol. The van der Waals surface area contributed by atoms with Gasteiger partial charge in [-0.3, -0.25) is 4.79 Å². The summed E-state index contributed by atoms with van der Waals surface area (Å²) in [4.78, 5) is 12.0. The van der Waals surface area contributed by atoms with Crippen molar-refractivity contribution in [2.24, 2.45) is 5.41 Å². The van der Waals surface area contributed by atoms with Crippen molar-refractivity contribution >= 4 is 27.5 Å². The van der Waals surface area contributed by atoms with Crippen molar-refractivity contribution < 1.29 is 4.79 Å². The van der Waals surface area contributed by atoms with E-state index in [0.29, 0.717) is 12.6 Å². The van der Waals surface area contributed by atoms with E-state index < -0.39 is 0 Å². The van der Waals surface area contributed by atoms with Gasteiger partial charge in [-0.1, -0.05) is 48.7 Å². The van der Waals surface area contributed by atoms with Crippen LogP contribution in [0.3, 0.4) is 0 Å². The Morgan fingerprint density at radius 1 is 1.40 bits per heavy atom. The summed E-state index contributed by atoms with van der Waals surface area (Å²) in [7, 11) is 0. The van der Waals surface area contributed by atoms with Crippen LogP contribution in [0.25, 0.3) is 0 Å². The van der Waals surface area contributed by atoms with Crippen LogP contribution in [0, 0.1) is 5.41 Å². The Morgan fingerprint density at radius 3 is 2.90 bits per heavy atom. The highest BCUT2D eigenvalue weighted by atomic mass is 79.9. The predicted octanol–water partition coefficient (Wildman–Crippen LogP) is 3.95. The summed E-state index contributed by atoms with van der Waals surface area (Å²) >= 11 is 3.40. The van der Waals surface area contributed by atoms with Crippen LogP contribution in [0.2, 0.25) is 0 Å². The fourth-order valence-electron chi connectivity index (χ4n) is 2.86. The highest BCUT2D eigenvalue weighted by molar-refractivity contribution is 9.10. The van der Waals surface area contributed by atoms with Crippen LogP contribution >= 0.6 is 15.9 Å². The molecule has 0 radical (unpaired) electrons. The first kappa shape index (κ1) is 15.5. The van der Waals surface area contributed by atoms with Crippen LogP contribution in [0.5, 0.6) is 0 Å². The number of nitrogens with one attached hydrogen (secondary N) is 2. The normalized spacial score (nSPS) is 21.4. The number of benzene rings is 1. The number of carbonyl (C=O) groups is 1. The van der Waals surface area contributed by atoms with E-state index in [0.717, 1.165) is 16.6 Å².